The zero-order valence-corrected chi connectivity index (χ0v) is 17.2. The Hall–Kier alpha value is -2.95. The number of nitrogens with zero attached hydrogens (tertiary/aromatic N) is 1. The molecule has 3 aromatic carbocycles. The van der Waals surface area contributed by atoms with Crippen molar-refractivity contribution in [2.24, 2.45) is 5.73 Å². The molecule has 30 heavy (non-hydrogen) atoms. The maximum absolute atomic E-state index is 12.8. The van der Waals surface area contributed by atoms with Gasteiger partial charge in [-0.2, -0.15) is 0 Å². The van der Waals surface area contributed by atoms with Gasteiger partial charge in [0, 0.05) is 38.0 Å². The highest BCUT2D eigenvalue weighted by molar-refractivity contribution is 5.77. The van der Waals surface area contributed by atoms with Crippen molar-refractivity contribution in [3.63, 3.8) is 0 Å². The van der Waals surface area contributed by atoms with Crippen LogP contribution in [0.4, 0.5) is 0 Å². The maximum Gasteiger partial charge on any atom is 0.222 e. The molecule has 0 aromatic heterocycles. The summed E-state index contributed by atoms with van der Waals surface area (Å²) >= 11 is 0. The Morgan fingerprint density at radius 1 is 0.867 bits per heavy atom. The molecule has 1 aliphatic rings. The highest BCUT2D eigenvalue weighted by atomic mass is 16.1. The minimum Gasteiger partial charge on any atom is -0.345 e. The van der Waals surface area contributed by atoms with Crippen LogP contribution >= 0.6 is 0 Å². The van der Waals surface area contributed by atoms with E-state index in [1.165, 1.54) is 5.56 Å². The first-order valence-electron chi connectivity index (χ1n) is 10.6. The van der Waals surface area contributed by atoms with Crippen LogP contribution < -0.4 is 11.1 Å². The first-order valence-corrected chi connectivity index (χ1v) is 10.6. The Morgan fingerprint density at radius 2 is 1.40 bits per heavy atom. The first kappa shape index (κ1) is 20.3. The lowest BCUT2D eigenvalue weighted by Gasteiger charge is -2.21. The number of carbonyl (C=O) groups is 1. The lowest BCUT2D eigenvalue weighted by Crippen LogP contribution is -2.33. The molecule has 1 saturated heterocycles. The topological polar surface area (TPSA) is 58.4 Å². The minimum atomic E-state index is -0.141. The van der Waals surface area contributed by atoms with Gasteiger partial charge in [0.2, 0.25) is 5.91 Å². The van der Waals surface area contributed by atoms with Crippen molar-refractivity contribution >= 4 is 5.91 Å². The summed E-state index contributed by atoms with van der Waals surface area (Å²) in [4.78, 5) is 15.1. The molecule has 0 bridgehead atoms. The highest BCUT2D eigenvalue weighted by Gasteiger charge is 2.31. The van der Waals surface area contributed by atoms with Gasteiger partial charge in [-0.3, -0.25) is 4.79 Å². The molecule has 0 aliphatic carbocycles. The van der Waals surface area contributed by atoms with Crippen LogP contribution in [-0.2, 0) is 4.79 Å². The molecule has 4 heteroatoms. The Labute approximate surface area is 178 Å². The third kappa shape index (κ3) is 4.96. The Bertz CT molecular complexity index is 891. The molecule has 0 spiro atoms. The quantitative estimate of drug-likeness (QED) is 0.637. The number of carbonyl (C=O) groups excluding carboxylic acids is 1. The fourth-order valence-corrected chi connectivity index (χ4v) is 4.29. The van der Waals surface area contributed by atoms with Crippen LogP contribution in [-0.4, -0.2) is 36.5 Å². The van der Waals surface area contributed by atoms with Crippen molar-refractivity contribution in [1.29, 1.82) is 0 Å². The summed E-state index contributed by atoms with van der Waals surface area (Å²) in [6, 6.07) is 30.6. The van der Waals surface area contributed by atoms with E-state index in [1.54, 1.807) is 0 Å². The molecule has 2 atom stereocenters. The van der Waals surface area contributed by atoms with Gasteiger partial charge in [0.1, 0.15) is 0 Å². The van der Waals surface area contributed by atoms with Gasteiger partial charge in [0.25, 0.3) is 0 Å². The lowest BCUT2D eigenvalue weighted by molar-refractivity contribution is -0.121. The molecule has 1 aliphatic heterocycles. The summed E-state index contributed by atoms with van der Waals surface area (Å²) < 4.78 is 0. The third-order valence-electron chi connectivity index (χ3n) is 5.89. The van der Waals surface area contributed by atoms with Crippen molar-refractivity contribution in [1.82, 2.24) is 10.2 Å². The second-order valence-electron chi connectivity index (χ2n) is 8.01. The number of amides is 1. The van der Waals surface area contributed by atoms with E-state index in [4.69, 9.17) is 5.73 Å². The van der Waals surface area contributed by atoms with E-state index in [2.05, 4.69) is 58.7 Å². The van der Waals surface area contributed by atoms with Gasteiger partial charge in [-0.15, -0.1) is 0 Å². The van der Waals surface area contributed by atoms with Crippen LogP contribution in [0.25, 0.3) is 0 Å². The summed E-state index contributed by atoms with van der Waals surface area (Å²) in [5.74, 6) is 0.389. The van der Waals surface area contributed by atoms with E-state index in [0.717, 1.165) is 30.8 Å². The normalized spacial score (nSPS) is 19.1. The van der Waals surface area contributed by atoms with Crippen molar-refractivity contribution in [2.45, 2.75) is 24.4 Å². The smallest absolute Gasteiger partial charge is 0.222 e. The molecule has 0 radical (unpaired) electrons. The fraction of sp³-hybridized carbons (Fsp3) is 0.269. The average Bonchev–Trinajstić information content (AvgIpc) is 3.18. The van der Waals surface area contributed by atoms with E-state index in [9.17, 15) is 4.79 Å². The third-order valence-corrected chi connectivity index (χ3v) is 5.89. The average molecular weight is 400 g/mol. The largest absolute Gasteiger partial charge is 0.345 e. The monoisotopic (exact) mass is 399 g/mol. The molecule has 1 fully saturated rings. The zero-order valence-electron chi connectivity index (χ0n) is 17.2. The molecule has 0 unspecified atom stereocenters. The number of hydrogen-bond donors (Lipinski definition) is 2. The van der Waals surface area contributed by atoms with Gasteiger partial charge in [-0.05, 0) is 16.7 Å². The standard InChI is InChI=1S/C26H29N3O/c27-24-19-29(18-23(24)20-10-4-1-5-11-20)17-16-25(30)28-26(21-12-6-2-7-13-21)22-14-8-3-9-15-22/h1-15,23-24,26H,16-19,27H2,(H,28,30)/t23-,24+/m0/s1. The van der Waals surface area contributed by atoms with Crippen molar-refractivity contribution in [3.05, 3.63) is 108 Å². The Balaban J connectivity index is 1.36. The van der Waals surface area contributed by atoms with E-state index >= 15 is 0 Å². The molecular formula is C26H29N3O. The number of nitrogens with two attached hydrogens (primary N) is 1. The van der Waals surface area contributed by atoms with Gasteiger partial charge >= 0.3 is 0 Å². The molecule has 3 N–H and O–H groups in total. The predicted octanol–water partition coefficient (Wildman–Crippen LogP) is 3.71. The summed E-state index contributed by atoms with van der Waals surface area (Å²) in [5, 5.41) is 3.23. The van der Waals surface area contributed by atoms with E-state index < -0.39 is 0 Å². The van der Waals surface area contributed by atoms with E-state index in [-0.39, 0.29) is 18.0 Å². The number of nitrogens with one attached hydrogen (secondary N) is 1. The van der Waals surface area contributed by atoms with Gasteiger partial charge in [0.15, 0.2) is 0 Å². The van der Waals surface area contributed by atoms with Crippen LogP contribution in [0, 0.1) is 0 Å². The predicted molar refractivity (Wildman–Crippen MR) is 121 cm³/mol. The van der Waals surface area contributed by atoms with Gasteiger partial charge in [0.05, 0.1) is 6.04 Å². The Morgan fingerprint density at radius 3 is 1.97 bits per heavy atom. The number of rotatable bonds is 7. The van der Waals surface area contributed by atoms with Crippen LogP contribution in [0.15, 0.2) is 91.0 Å². The van der Waals surface area contributed by atoms with E-state index in [0.29, 0.717) is 12.3 Å². The minimum absolute atomic E-state index is 0.0597. The number of benzene rings is 3. The number of likely N-dealkylation sites (tertiary alicyclic amines) is 1. The summed E-state index contributed by atoms with van der Waals surface area (Å²) in [6.45, 7) is 2.45. The molecule has 1 amide bonds. The van der Waals surface area contributed by atoms with Crippen molar-refractivity contribution in [3.8, 4) is 0 Å². The van der Waals surface area contributed by atoms with Crippen LogP contribution in [0.1, 0.15) is 35.1 Å². The summed E-state index contributed by atoms with van der Waals surface area (Å²) in [7, 11) is 0. The maximum atomic E-state index is 12.8. The van der Waals surface area contributed by atoms with Crippen LogP contribution in [0.2, 0.25) is 0 Å². The fourth-order valence-electron chi connectivity index (χ4n) is 4.29. The van der Waals surface area contributed by atoms with Crippen LogP contribution in [0.3, 0.4) is 0 Å². The molecule has 3 aromatic rings. The van der Waals surface area contributed by atoms with Gasteiger partial charge in [-0.1, -0.05) is 91.0 Å². The zero-order chi connectivity index (χ0) is 20.8. The van der Waals surface area contributed by atoms with E-state index in [1.807, 2.05) is 42.5 Å². The number of hydrogen-bond acceptors (Lipinski definition) is 3. The second-order valence-corrected chi connectivity index (χ2v) is 8.01. The lowest BCUT2D eigenvalue weighted by atomic mass is 9.95. The molecule has 4 nitrogen and oxygen atoms in total. The second kappa shape index (κ2) is 9.70. The summed E-state index contributed by atoms with van der Waals surface area (Å²) in [5.41, 5.74) is 9.86. The van der Waals surface area contributed by atoms with Gasteiger partial charge < -0.3 is 16.0 Å². The molecule has 4 rings (SSSR count). The highest BCUT2D eigenvalue weighted by Crippen LogP contribution is 2.26. The summed E-state index contributed by atoms with van der Waals surface area (Å²) in [6.07, 6.45) is 0.463. The van der Waals surface area contributed by atoms with Crippen LogP contribution in [0.5, 0.6) is 0 Å². The molecular weight excluding hydrogens is 370 g/mol. The Kier molecular flexibility index (Phi) is 6.57. The first-order chi connectivity index (χ1) is 14.7. The SMILES string of the molecule is N[C@@H]1CN(CCC(=O)NC(c2ccccc2)c2ccccc2)C[C@H]1c1ccccc1. The molecule has 0 saturated carbocycles. The van der Waals surface area contributed by atoms with Crippen molar-refractivity contribution < 1.29 is 4.79 Å². The molecule has 1 heterocycles. The van der Waals surface area contributed by atoms with Crippen molar-refractivity contribution in [2.75, 3.05) is 19.6 Å². The molecule has 154 valence electrons. The van der Waals surface area contributed by atoms with Gasteiger partial charge in [-0.25, -0.2) is 0 Å².